The van der Waals surface area contributed by atoms with Gasteiger partial charge in [-0.2, -0.15) is 0 Å². The first-order chi connectivity index (χ1) is 7.36. The van der Waals surface area contributed by atoms with Gasteiger partial charge in [0.25, 0.3) is 0 Å². The minimum absolute atomic E-state index is 0.194. The molecule has 1 heterocycles. The van der Waals surface area contributed by atoms with E-state index in [2.05, 4.69) is 23.3 Å². The Balaban J connectivity index is 2.19. The van der Waals surface area contributed by atoms with Crippen molar-refractivity contribution in [3.63, 3.8) is 0 Å². The minimum Gasteiger partial charge on any atom is -0.395 e. The van der Waals surface area contributed by atoms with Crippen LogP contribution >= 0.6 is 0 Å². The number of nitrogens with one attached hydrogen (secondary N) is 1. The average molecular weight is 206 g/mol. The standard InChI is InChI=1S/C12H18N2O/c1-2-9-5-6-14-12-10(9)3-4-11(12)13-7-8-15/h5-6,11,13,15H,2-4,7-8H2,1H3. The molecule has 1 atom stereocenters. The third-order valence-electron chi connectivity index (χ3n) is 3.08. The molecule has 15 heavy (non-hydrogen) atoms. The molecule has 0 fully saturated rings. The van der Waals surface area contributed by atoms with Crippen molar-refractivity contribution in [2.24, 2.45) is 0 Å². The van der Waals surface area contributed by atoms with E-state index in [0.29, 0.717) is 12.6 Å². The van der Waals surface area contributed by atoms with E-state index in [1.54, 1.807) is 0 Å². The summed E-state index contributed by atoms with van der Waals surface area (Å²) in [5.74, 6) is 0. The second-order valence-corrected chi connectivity index (χ2v) is 3.96. The molecule has 2 N–H and O–H groups in total. The first kappa shape index (κ1) is 10.6. The van der Waals surface area contributed by atoms with Gasteiger partial charge in [0.1, 0.15) is 0 Å². The molecule has 0 bridgehead atoms. The van der Waals surface area contributed by atoms with Gasteiger partial charge in [-0.25, -0.2) is 0 Å². The van der Waals surface area contributed by atoms with Crippen LogP contribution in [0, 0.1) is 0 Å². The number of aliphatic hydroxyl groups excluding tert-OH is 1. The summed E-state index contributed by atoms with van der Waals surface area (Å²) in [5, 5.41) is 12.1. The molecule has 2 rings (SSSR count). The molecular formula is C12H18N2O. The number of fused-ring (bicyclic) bond motifs is 1. The molecule has 82 valence electrons. The van der Waals surface area contributed by atoms with Crippen molar-refractivity contribution in [3.8, 4) is 0 Å². The number of aliphatic hydroxyl groups is 1. The maximum Gasteiger partial charge on any atom is 0.0607 e. The van der Waals surface area contributed by atoms with Crippen LogP contribution in [-0.4, -0.2) is 23.2 Å². The number of nitrogens with zero attached hydrogens (tertiary/aromatic N) is 1. The van der Waals surface area contributed by atoms with Crippen molar-refractivity contribution < 1.29 is 5.11 Å². The quantitative estimate of drug-likeness (QED) is 0.778. The monoisotopic (exact) mass is 206 g/mol. The maximum absolute atomic E-state index is 8.79. The Bertz CT molecular complexity index is 338. The lowest BCUT2D eigenvalue weighted by atomic mass is 10.1. The van der Waals surface area contributed by atoms with E-state index in [9.17, 15) is 0 Å². The zero-order valence-corrected chi connectivity index (χ0v) is 9.16. The van der Waals surface area contributed by atoms with Crippen molar-refractivity contribution in [2.75, 3.05) is 13.2 Å². The van der Waals surface area contributed by atoms with E-state index in [1.807, 2.05) is 6.20 Å². The molecule has 1 aliphatic carbocycles. The summed E-state index contributed by atoms with van der Waals surface area (Å²) in [6.07, 6.45) is 5.21. The van der Waals surface area contributed by atoms with Gasteiger partial charge >= 0.3 is 0 Å². The summed E-state index contributed by atoms with van der Waals surface area (Å²) in [7, 11) is 0. The van der Waals surface area contributed by atoms with Crippen LogP contribution in [0.3, 0.4) is 0 Å². The third kappa shape index (κ3) is 2.03. The molecule has 3 nitrogen and oxygen atoms in total. The lowest BCUT2D eigenvalue weighted by Gasteiger charge is -2.12. The number of hydrogen-bond acceptors (Lipinski definition) is 3. The van der Waals surface area contributed by atoms with Crippen LogP contribution in [0.5, 0.6) is 0 Å². The molecule has 0 saturated heterocycles. The van der Waals surface area contributed by atoms with E-state index >= 15 is 0 Å². The predicted molar refractivity (Wildman–Crippen MR) is 59.8 cm³/mol. The van der Waals surface area contributed by atoms with Crippen molar-refractivity contribution >= 4 is 0 Å². The Morgan fingerprint density at radius 2 is 2.47 bits per heavy atom. The number of hydrogen-bond donors (Lipinski definition) is 2. The van der Waals surface area contributed by atoms with Crippen molar-refractivity contribution in [1.29, 1.82) is 0 Å². The third-order valence-corrected chi connectivity index (χ3v) is 3.08. The lowest BCUT2D eigenvalue weighted by molar-refractivity contribution is 0.283. The topological polar surface area (TPSA) is 45.2 Å². The molecular weight excluding hydrogens is 188 g/mol. The summed E-state index contributed by atoms with van der Waals surface area (Å²) < 4.78 is 0. The van der Waals surface area contributed by atoms with Crippen molar-refractivity contribution in [1.82, 2.24) is 10.3 Å². The largest absolute Gasteiger partial charge is 0.395 e. The van der Waals surface area contributed by atoms with Crippen LogP contribution in [0.2, 0.25) is 0 Å². The fourth-order valence-corrected chi connectivity index (χ4v) is 2.33. The van der Waals surface area contributed by atoms with Crippen LogP contribution in [0.1, 0.15) is 36.2 Å². The fraction of sp³-hybridized carbons (Fsp3) is 0.583. The molecule has 1 aliphatic rings. The summed E-state index contributed by atoms with van der Waals surface area (Å²) in [5.41, 5.74) is 4.05. The molecule has 0 aromatic carbocycles. The van der Waals surface area contributed by atoms with E-state index < -0.39 is 0 Å². The zero-order chi connectivity index (χ0) is 10.7. The number of aryl methyl sites for hydroxylation is 1. The molecule has 0 aliphatic heterocycles. The van der Waals surface area contributed by atoms with Crippen molar-refractivity contribution in [2.45, 2.75) is 32.2 Å². The highest BCUT2D eigenvalue weighted by Gasteiger charge is 2.24. The van der Waals surface area contributed by atoms with Crippen LogP contribution in [0.4, 0.5) is 0 Å². The second kappa shape index (κ2) is 4.73. The van der Waals surface area contributed by atoms with Crippen LogP contribution in [-0.2, 0) is 12.8 Å². The fourth-order valence-electron chi connectivity index (χ4n) is 2.33. The van der Waals surface area contributed by atoms with Crippen LogP contribution in [0.25, 0.3) is 0 Å². The smallest absolute Gasteiger partial charge is 0.0607 e. The van der Waals surface area contributed by atoms with Gasteiger partial charge in [0.2, 0.25) is 0 Å². The lowest BCUT2D eigenvalue weighted by Crippen LogP contribution is -2.23. The molecule has 0 radical (unpaired) electrons. The molecule has 0 spiro atoms. The van der Waals surface area contributed by atoms with Gasteiger partial charge in [-0.1, -0.05) is 6.92 Å². The average Bonchev–Trinajstić information content (AvgIpc) is 2.69. The SMILES string of the molecule is CCc1ccnc2c1CCC2NCCO. The van der Waals surface area contributed by atoms with Gasteiger partial charge in [-0.05, 0) is 36.5 Å². The number of aromatic nitrogens is 1. The number of pyridine rings is 1. The highest BCUT2D eigenvalue weighted by molar-refractivity contribution is 5.35. The maximum atomic E-state index is 8.79. The molecule has 1 aromatic rings. The Kier molecular flexibility index (Phi) is 3.34. The highest BCUT2D eigenvalue weighted by Crippen LogP contribution is 2.31. The second-order valence-electron chi connectivity index (χ2n) is 3.96. The van der Waals surface area contributed by atoms with E-state index in [-0.39, 0.29) is 6.61 Å². The highest BCUT2D eigenvalue weighted by atomic mass is 16.3. The van der Waals surface area contributed by atoms with Gasteiger partial charge < -0.3 is 10.4 Å². The predicted octanol–water partition coefficient (Wildman–Crippen LogP) is 1.21. The van der Waals surface area contributed by atoms with Gasteiger partial charge in [0.05, 0.1) is 18.3 Å². The summed E-state index contributed by atoms with van der Waals surface area (Å²) in [6, 6.07) is 2.46. The van der Waals surface area contributed by atoms with Crippen LogP contribution in [0.15, 0.2) is 12.3 Å². The molecule has 0 saturated carbocycles. The van der Waals surface area contributed by atoms with Crippen LogP contribution < -0.4 is 5.32 Å². The normalized spacial score (nSPS) is 19.2. The van der Waals surface area contributed by atoms with Gasteiger partial charge in [-0.3, -0.25) is 4.98 Å². The summed E-state index contributed by atoms with van der Waals surface area (Å²) >= 11 is 0. The first-order valence-corrected chi connectivity index (χ1v) is 5.67. The van der Waals surface area contributed by atoms with Gasteiger partial charge in [0.15, 0.2) is 0 Å². The Morgan fingerprint density at radius 1 is 1.60 bits per heavy atom. The first-order valence-electron chi connectivity index (χ1n) is 5.67. The summed E-state index contributed by atoms with van der Waals surface area (Å²) in [6.45, 7) is 3.03. The zero-order valence-electron chi connectivity index (χ0n) is 9.16. The molecule has 1 aromatic heterocycles. The molecule has 0 amide bonds. The van der Waals surface area contributed by atoms with E-state index in [1.165, 1.54) is 16.8 Å². The Labute approximate surface area is 90.5 Å². The van der Waals surface area contributed by atoms with Crippen molar-refractivity contribution in [3.05, 3.63) is 29.1 Å². The van der Waals surface area contributed by atoms with E-state index in [4.69, 9.17) is 5.11 Å². The minimum atomic E-state index is 0.194. The summed E-state index contributed by atoms with van der Waals surface area (Å²) in [4.78, 5) is 4.46. The number of rotatable bonds is 4. The van der Waals surface area contributed by atoms with Gasteiger partial charge in [-0.15, -0.1) is 0 Å². The van der Waals surface area contributed by atoms with Gasteiger partial charge in [0, 0.05) is 12.7 Å². The molecule has 3 heteroatoms. The van der Waals surface area contributed by atoms with E-state index in [0.717, 1.165) is 19.3 Å². The molecule has 1 unspecified atom stereocenters. The Hall–Kier alpha value is -0.930. The Morgan fingerprint density at radius 3 is 3.20 bits per heavy atom.